The minimum absolute atomic E-state index is 0.127. The van der Waals surface area contributed by atoms with Gasteiger partial charge in [0.2, 0.25) is 0 Å². The Balaban J connectivity index is 1.58. The molecule has 186 valence electrons. The van der Waals surface area contributed by atoms with Gasteiger partial charge in [-0.3, -0.25) is 4.90 Å². The van der Waals surface area contributed by atoms with Crippen LogP contribution in [0.4, 0.5) is 41.2 Å². The first-order chi connectivity index (χ1) is 15.4. The molecule has 2 aliphatic rings. The molecule has 1 unspecified atom stereocenters. The number of piperazine rings is 1. The highest BCUT2D eigenvalue weighted by Crippen LogP contribution is 2.36. The van der Waals surface area contributed by atoms with Crippen molar-refractivity contribution in [3.63, 3.8) is 0 Å². The van der Waals surface area contributed by atoms with Crippen molar-refractivity contribution < 1.29 is 45.0 Å². The molecule has 2 fully saturated rings. The van der Waals surface area contributed by atoms with E-state index in [1.165, 1.54) is 13.0 Å². The van der Waals surface area contributed by atoms with Gasteiger partial charge in [-0.1, -0.05) is 6.07 Å². The van der Waals surface area contributed by atoms with Gasteiger partial charge < -0.3 is 19.3 Å². The monoisotopic (exact) mass is 487 g/mol. The maximum atomic E-state index is 14.6. The molecular formula is C20H24F7N3O3. The van der Waals surface area contributed by atoms with E-state index in [1.54, 1.807) is 17.0 Å². The van der Waals surface area contributed by atoms with E-state index in [0.717, 1.165) is 10.6 Å². The summed E-state index contributed by atoms with van der Waals surface area (Å²) in [5.74, 6) is -0.424. The maximum absolute atomic E-state index is 14.6. The van der Waals surface area contributed by atoms with Gasteiger partial charge in [-0.25, -0.2) is 9.18 Å². The molecule has 0 spiro atoms. The summed E-state index contributed by atoms with van der Waals surface area (Å²) in [6, 6.07) is 4.12. The topological polar surface area (TPSA) is 45.2 Å². The molecule has 0 saturated carbocycles. The van der Waals surface area contributed by atoms with Gasteiger partial charge in [-0.15, -0.1) is 0 Å². The van der Waals surface area contributed by atoms with Crippen LogP contribution in [0.3, 0.4) is 0 Å². The first-order valence-corrected chi connectivity index (χ1v) is 10.3. The highest BCUT2D eigenvalue weighted by Gasteiger charge is 2.60. The highest BCUT2D eigenvalue weighted by atomic mass is 19.4. The van der Waals surface area contributed by atoms with Crippen LogP contribution < -0.4 is 4.90 Å². The van der Waals surface area contributed by atoms with Gasteiger partial charge in [0.05, 0.1) is 13.2 Å². The number of ether oxygens (including phenoxy) is 2. The lowest BCUT2D eigenvalue weighted by Crippen LogP contribution is -2.56. The Morgan fingerprint density at radius 3 is 2.27 bits per heavy atom. The number of halogens is 7. The standard InChI is InChI=1S/C20H24F7N3O3/c1-13-11-28(4-5-30(13)18(31)33-17(19(22,23)24)20(25,26)27)12-14-2-3-15(10-16(14)21)29-6-8-32-9-7-29/h2-3,10,13,17H,4-9,11-12H2,1H3. The predicted octanol–water partition coefficient (Wildman–Crippen LogP) is 3.80. The first-order valence-electron chi connectivity index (χ1n) is 10.3. The smallest absolute Gasteiger partial charge is 0.426 e. The lowest BCUT2D eigenvalue weighted by atomic mass is 10.1. The molecule has 0 bridgehead atoms. The summed E-state index contributed by atoms with van der Waals surface area (Å²) in [6.45, 7) is 4.17. The van der Waals surface area contributed by atoms with Crippen molar-refractivity contribution in [2.24, 2.45) is 0 Å². The molecule has 1 aromatic carbocycles. The molecule has 33 heavy (non-hydrogen) atoms. The molecule has 0 aromatic heterocycles. The second-order valence-electron chi connectivity index (χ2n) is 8.00. The average molecular weight is 487 g/mol. The van der Waals surface area contributed by atoms with Crippen LogP contribution in [0.15, 0.2) is 18.2 Å². The van der Waals surface area contributed by atoms with Crippen molar-refractivity contribution >= 4 is 11.8 Å². The Hall–Kier alpha value is -2.28. The third-order valence-electron chi connectivity index (χ3n) is 5.57. The molecule has 1 amide bonds. The summed E-state index contributed by atoms with van der Waals surface area (Å²) in [7, 11) is 0. The van der Waals surface area contributed by atoms with Gasteiger partial charge in [0.15, 0.2) is 0 Å². The van der Waals surface area contributed by atoms with E-state index >= 15 is 0 Å². The number of nitrogens with zero attached hydrogens (tertiary/aromatic N) is 3. The van der Waals surface area contributed by atoms with Crippen LogP contribution in [0.1, 0.15) is 12.5 Å². The van der Waals surface area contributed by atoms with Crippen LogP contribution in [0, 0.1) is 5.82 Å². The van der Waals surface area contributed by atoms with Crippen molar-refractivity contribution in [3.05, 3.63) is 29.6 Å². The van der Waals surface area contributed by atoms with Crippen LogP contribution in [-0.4, -0.2) is 86.3 Å². The maximum Gasteiger partial charge on any atom is 0.434 e. The largest absolute Gasteiger partial charge is 0.434 e. The number of carbonyl (C=O) groups excluding carboxylic acids is 1. The quantitative estimate of drug-likeness (QED) is 0.605. The van der Waals surface area contributed by atoms with Crippen molar-refractivity contribution in [1.29, 1.82) is 0 Å². The van der Waals surface area contributed by atoms with E-state index in [9.17, 15) is 35.5 Å². The van der Waals surface area contributed by atoms with Crippen molar-refractivity contribution in [1.82, 2.24) is 9.80 Å². The minimum Gasteiger partial charge on any atom is -0.426 e. The Morgan fingerprint density at radius 2 is 1.73 bits per heavy atom. The molecule has 1 atom stereocenters. The number of anilines is 1. The number of carbonyl (C=O) groups is 1. The summed E-state index contributed by atoms with van der Waals surface area (Å²) < 4.78 is 99.7. The fourth-order valence-corrected chi connectivity index (χ4v) is 3.86. The number of morpholine rings is 1. The Bertz CT molecular complexity index is 814. The second-order valence-corrected chi connectivity index (χ2v) is 8.00. The first kappa shape index (κ1) is 25.3. The number of hydrogen-bond donors (Lipinski definition) is 0. The Labute approximate surface area is 185 Å². The molecule has 6 nitrogen and oxygen atoms in total. The van der Waals surface area contributed by atoms with E-state index in [2.05, 4.69) is 4.74 Å². The zero-order chi connectivity index (χ0) is 24.4. The Morgan fingerprint density at radius 1 is 1.09 bits per heavy atom. The SMILES string of the molecule is CC1CN(Cc2ccc(N3CCOCC3)cc2F)CCN1C(=O)OC(C(F)(F)F)C(F)(F)F. The summed E-state index contributed by atoms with van der Waals surface area (Å²) in [6.07, 6.45) is -17.4. The van der Waals surface area contributed by atoms with Gasteiger partial charge in [-0.05, 0) is 19.1 Å². The summed E-state index contributed by atoms with van der Waals surface area (Å²) >= 11 is 0. The third kappa shape index (κ3) is 6.40. The van der Waals surface area contributed by atoms with Gasteiger partial charge >= 0.3 is 18.4 Å². The number of rotatable bonds is 4. The van der Waals surface area contributed by atoms with Gasteiger partial charge in [0, 0.05) is 56.6 Å². The normalized spacial score (nSPS) is 20.9. The van der Waals surface area contributed by atoms with Crippen molar-refractivity contribution in [2.45, 2.75) is 38.0 Å². The van der Waals surface area contributed by atoms with Crippen molar-refractivity contribution in [2.75, 3.05) is 50.8 Å². The van der Waals surface area contributed by atoms with Crippen LogP contribution in [0.25, 0.3) is 0 Å². The predicted molar refractivity (Wildman–Crippen MR) is 103 cm³/mol. The molecular weight excluding hydrogens is 463 g/mol. The van der Waals surface area contributed by atoms with E-state index in [1.807, 2.05) is 4.90 Å². The molecule has 13 heteroatoms. The van der Waals surface area contributed by atoms with Gasteiger partial charge in [0.1, 0.15) is 5.82 Å². The fraction of sp³-hybridized carbons (Fsp3) is 0.650. The average Bonchev–Trinajstić information content (AvgIpc) is 2.72. The molecule has 2 heterocycles. The summed E-state index contributed by atoms with van der Waals surface area (Å²) in [4.78, 5) is 16.6. The number of alkyl halides is 6. The van der Waals surface area contributed by atoms with Crippen LogP contribution in [-0.2, 0) is 16.0 Å². The molecule has 2 saturated heterocycles. The van der Waals surface area contributed by atoms with E-state index in [0.29, 0.717) is 31.9 Å². The van der Waals surface area contributed by atoms with E-state index in [4.69, 9.17) is 4.74 Å². The lowest BCUT2D eigenvalue weighted by Gasteiger charge is -2.40. The fourth-order valence-electron chi connectivity index (χ4n) is 3.86. The number of amides is 1. The molecule has 1 aromatic rings. The molecule has 0 radical (unpaired) electrons. The van der Waals surface area contributed by atoms with Gasteiger partial charge in [-0.2, -0.15) is 26.3 Å². The van der Waals surface area contributed by atoms with Gasteiger partial charge in [0.25, 0.3) is 6.10 Å². The minimum atomic E-state index is -5.77. The highest BCUT2D eigenvalue weighted by molar-refractivity contribution is 5.68. The van der Waals surface area contributed by atoms with Crippen LogP contribution in [0.5, 0.6) is 0 Å². The van der Waals surface area contributed by atoms with E-state index in [-0.39, 0.29) is 26.2 Å². The van der Waals surface area contributed by atoms with Crippen LogP contribution in [0.2, 0.25) is 0 Å². The zero-order valence-corrected chi connectivity index (χ0v) is 17.8. The van der Waals surface area contributed by atoms with Crippen molar-refractivity contribution in [3.8, 4) is 0 Å². The second kappa shape index (κ2) is 9.92. The number of benzene rings is 1. The summed E-state index contributed by atoms with van der Waals surface area (Å²) in [5.41, 5.74) is 1.12. The lowest BCUT2D eigenvalue weighted by molar-refractivity contribution is -0.308. The molecule has 0 N–H and O–H groups in total. The third-order valence-corrected chi connectivity index (χ3v) is 5.57. The molecule has 3 rings (SSSR count). The summed E-state index contributed by atoms with van der Waals surface area (Å²) in [5, 5.41) is 0. The van der Waals surface area contributed by atoms with Crippen LogP contribution >= 0.6 is 0 Å². The Kier molecular flexibility index (Phi) is 7.62. The molecule has 2 aliphatic heterocycles. The number of hydrogen-bond acceptors (Lipinski definition) is 5. The molecule has 0 aliphatic carbocycles. The van der Waals surface area contributed by atoms with E-state index < -0.39 is 36.4 Å². The zero-order valence-electron chi connectivity index (χ0n) is 17.8.